The van der Waals surface area contributed by atoms with Gasteiger partial charge < -0.3 is 4.74 Å². The SMILES string of the molecule is Cl.O=S(=O)(NCCN1CCOCC1)c1cccc(Br)c1. The largest absolute Gasteiger partial charge is 0.379 e. The Morgan fingerprint density at radius 2 is 2.00 bits per heavy atom. The van der Waals surface area contributed by atoms with E-state index in [0.29, 0.717) is 13.1 Å². The zero-order chi connectivity index (χ0) is 13.7. The molecule has 1 aliphatic rings. The number of rotatable bonds is 5. The number of nitrogens with one attached hydrogen (secondary N) is 1. The summed E-state index contributed by atoms with van der Waals surface area (Å²) in [5.41, 5.74) is 0. The highest BCUT2D eigenvalue weighted by atomic mass is 79.9. The summed E-state index contributed by atoms with van der Waals surface area (Å²) >= 11 is 3.27. The highest BCUT2D eigenvalue weighted by molar-refractivity contribution is 9.10. The predicted molar refractivity (Wildman–Crippen MR) is 83.8 cm³/mol. The third-order valence-corrected chi connectivity index (χ3v) is 4.88. The lowest BCUT2D eigenvalue weighted by Gasteiger charge is -2.26. The first-order chi connectivity index (χ1) is 9.08. The van der Waals surface area contributed by atoms with Gasteiger partial charge in [-0.05, 0) is 18.2 Å². The molecular weight excluding hydrogens is 368 g/mol. The van der Waals surface area contributed by atoms with Gasteiger partial charge in [0.2, 0.25) is 10.0 Å². The van der Waals surface area contributed by atoms with Crippen molar-refractivity contribution in [1.82, 2.24) is 9.62 Å². The van der Waals surface area contributed by atoms with Crippen molar-refractivity contribution in [2.24, 2.45) is 0 Å². The molecule has 5 nitrogen and oxygen atoms in total. The van der Waals surface area contributed by atoms with E-state index in [1.54, 1.807) is 24.3 Å². The van der Waals surface area contributed by atoms with Gasteiger partial charge in [-0.1, -0.05) is 22.0 Å². The molecule has 1 fully saturated rings. The Morgan fingerprint density at radius 1 is 1.30 bits per heavy atom. The molecule has 0 unspecified atom stereocenters. The van der Waals surface area contributed by atoms with Crippen LogP contribution >= 0.6 is 28.3 Å². The number of nitrogens with zero attached hydrogens (tertiary/aromatic N) is 1. The van der Waals surface area contributed by atoms with Gasteiger partial charge in [0.25, 0.3) is 0 Å². The Labute approximate surface area is 134 Å². The average molecular weight is 386 g/mol. The lowest BCUT2D eigenvalue weighted by molar-refractivity contribution is 0.0390. The van der Waals surface area contributed by atoms with Crippen molar-refractivity contribution in [3.8, 4) is 0 Å². The van der Waals surface area contributed by atoms with Crippen LogP contribution in [0.2, 0.25) is 0 Å². The van der Waals surface area contributed by atoms with Crippen LogP contribution in [0.5, 0.6) is 0 Å². The molecule has 0 saturated carbocycles. The van der Waals surface area contributed by atoms with Crippen molar-refractivity contribution in [3.05, 3.63) is 28.7 Å². The monoisotopic (exact) mass is 384 g/mol. The molecule has 0 aromatic heterocycles. The number of ether oxygens (including phenoxy) is 1. The zero-order valence-electron chi connectivity index (χ0n) is 10.9. The number of hydrogen-bond donors (Lipinski definition) is 1. The van der Waals surface area contributed by atoms with Gasteiger partial charge in [-0.25, -0.2) is 13.1 Å². The van der Waals surface area contributed by atoms with Crippen LogP contribution in [0.15, 0.2) is 33.6 Å². The summed E-state index contributed by atoms with van der Waals surface area (Å²) < 4.78 is 32.7. The summed E-state index contributed by atoms with van der Waals surface area (Å²) in [7, 11) is -3.42. The van der Waals surface area contributed by atoms with Crippen molar-refractivity contribution < 1.29 is 13.2 Å². The molecule has 1 heterocycles. The number of hydrogen-bond acceptors (Lipinski definition) is 4. The van der Waals surface area contributed by atoms with Crippen LogP contribution < -0.4 is 4.72 Å². The molecule has 1 aromatic carbocycles. The molecule has 0 bridgehead atoms. The lowest BCUT2D eigenvalue weighted by atomic mass is 10.4. The van der Waals surface area contributed by atoms with Crippen molar-refractivity contribution >= 4 is 38.4 Å². The molecule has 1 aliphatic heterocycles. The highest BCUT2D eigenvalue weighted by Crippen LogP contribution is 2.15. The molecule has 114 valence electrons. The predicted octanol–water partition coefficient (Wildman–Crippen LogP) is 1.48. The molecular formula is C12H18BrClN2O3S. The molecule has 0 amide bonds. The Hall–Kier alpha value is -0.180. The number of halogens is 2. The quantitative estimate of drug-likeness (QED) is 0.834. The fraction of sp³-hybridized carbons (Fsp3) is 0.500. The highest BCUT2D eigenvalue weighted by Gasteiger charge is 2.15. The number of benzene rings is 1. The minimum atomic E-state index is -3.42. The van der Waals surface area contributed by atoms with Crippen molar-refractivity contribution in [2.45, 2.75) is 4.90 Å². The van der Waals surface area contributed by atoms with Crippen molar-refractivity contribution in [2.75, 3.05) is 39.4 Å². The van der Waals surface area contributed by atoms with Gasteiger partial charge in [0.1, 0.15) is 0 Å². The molecule has 8 heteroatoms. The van der Waals surface area contributed by atoms with E-state index in [0.717, 1.165) is 30.8 Å². The summed E-state index contributed by atoms with van der Waals surface area (Å²) in [6.07, 6.45) is 0. The van der Waals surface area contributed by atoms with Crippen LogP contribution in [0, 0.1) is 0 Å². The van der Waals surface area contributed by atoms with Gasteiger partial charge in [-0.3, -0.25) is 4.90 Å². The van der Waals surface area contributed by atoms with E-state index in [9.17, 15) is 8.42 Å². The van der Waals surface area contributed by atoms with Crippen molar-refractivity contribution in [3.63, 3.8) is 0 Å². The maximum atomic E-state index is 12.1. The summed E-state index contributed by atoms with van der Waals surface area (Å²) in [5, 5.41) is 0. The van der Waals surface area contributed by atoms with Gasteiger partial charge in [0.05, 0.1) is 18.1 Å². The minimum absolute atomic E-state index is 0. The van der Waals surface area contributed by atoms with Crippen LogP contribution in [0.3, 0.4) is 0 Å². The third kappa shape index (κ3) is 5.31. The Kier molecular flexibility index (Phi) is 7.42. The zero-order valence-corrected chi connectivity index (χ0v) is 14.1. The second kappa shape index (κ2) is 8.31. The summed E-state index contributed by atoms with van der Waals surface area (Å²) in [5.74, 6) is 0. The molecule has 2 rings (SSSR count). The maximum absolute atomic E-state index is 12.1. The van der Waals surface area contributed by atoms with Crippen LogP contribution in [-0.2, 0) is 14.8 Å². The van der Waals surface area contributed by atoms with Gasteiger partial charge in [0.15, 0.2) is 0 Å². The van der Waals surface area contributed by atoms with E-state index < -0.39 is 10.0 Å². The molecule has 0 radical (unpaired) electrons. The Balaban J connectivity index is 0.00000200. The first kappa shape index (κ1) is 17.9. The average Bonchev–Trinajstić information content (AvgIpc) is 2.40. The standard InChI is InChI=1S/C12H17BrN2O3S.ClH/c13-11-2-1-3-12(10-11)19(16,17)14-4-5-15-6-8-18-9-7-15;/h1-3,10,14H,4-9H2;1H. The number of sulfonamides is 1. The van der Waals surface area contributed by atoms with Crippen LogP contribution in [-0.4, -0.2) is 52.7 Å². The van der Waals surface area contributed by atoms with E-state index in [4.69, 9.17) is 4.74 Å². The summed E-state index contributed by atoms with van der Waals surface area (Å²) in [4.78, 5) is 2.47. The van der Waals surface area contributed by atoms with E-state index in [1.165, 1.54) is 0 Å². The molecule has 0 spiro atoms. The van der Waals surface area contributed by atoms with Gasteiger partial charge in [-0.15, -0.1) is 12.4 Å². The fourth-order valence-electron chi connectivity index (χ4n) is 1.88. The first-order valence-electron chi connectivity index (χ1n) is 6.13. The fourth-order valence-corrected chi connectivity index (χ4v) is 3.50. The summed E-state index contributed by atoms with van der Waals surface area (Å²) in [6.45, 7) is 4.28. The second-order valence-corrected chi connectivity index (χ2v) is 6.99. The van der Waals surface area contributed by atoms with E-state index in [2.05, 4.69) is 25.6 Å². The molecule has 20 heavy (non-hydrogen) atoms. The smallest absolute Gasteiger partial charge is 0.240 e. The molecule has 1 aromatic rings. The van der Waals surface area contributed by atoms with Gasteiger partial charge in [0, 0.05) is 30.7 Å². The minimum Gasteiger partial charge on any atom is -0.379 e. The second-order valence-electron chi connectivity index (χ2n) is 4.31. The maximum Gasteiger partial charge on any atom is 0.240 e. The third-order valence-electron chi connectivity index (χ3n) is 2.93. The van der Waals surface area contributed by atoms with E-state index in [1.807, 2.05) is 0 Å². The molecule has 1 saturated heterocycles. The molecule has 0 atom stereocenters. The van der Waals surface area contributed by atoms with Crippen LogP contribution in [0.1, 0.15) is 0 Å². The van der Waals surface area contributed by atoms with Gasteiger partial charge in [-0.2, -0.15) is 0 Å². The van der Waals surface area contributed by atoms with Crippen molar-refractivity contribution in [1.29, 1.82) is 0 Å². The Bertz CT molecular complexity index is 521. The number of morpholine rings is 1. The Morgan fingerprint density at radius 3 is 2.65 bits per heavy atom. The lowest BCUT2D eigenvalue weighted by Crippen LogP contribution is -2.41. The van der Waals surface area contributed by atoms with Gasteiger partial charge >= 0.3 is 0 Å². The topological polar surface area (TPSA) is 58.6 Å². The van der Waals surface area contributed by atoms with Crippen LogP contribution in [0.4, 0.5) is 0 Å². The first-order valence-corrected chi connectivity index (χ1v) is 8.41. The molecule has 0 aliphatic carbocycles. The van der Waals surface area contributed by atoms with E-state index in [-0.39, 0.29) is 17.3 Å². The normalized spacial score (nSPS) is 16.6. The van der Waals surface area contributed by atoms with Crippen LogP contribution in [0.25, 0.3) is 0 Å². The van der Waals surface area contributed by atoms with E-state index >= 15 is 0 Å². The molecule has 1 N–H and O–H groups in total. The summed E-state index contributed by atoms with van der Waals surface area (Å²) in [6, 6.07) is 6.69.